The van der Waals surface area contributed by atoms with Gasteiger partial charge >= 0.3 is 0 Å². The normalized spacial score (nSPS) is 17.8. The largest absolute Gasteiger partial charge is 0.377 e. The van der Waals surface area contributed by atoms with Crippen molar-refractivity contribution < 1.29 is 4.74 Å². The number of hydrogen-bond donors (Lipinski definition) is 1. The van der Waals surface area contributed by atoms with Crippen LogP contribution in [0.3, 0.4) is 0 Å². The molecule has 1 aromatic carbocycles. The van der Waals surface area contributed by atoms with Gasteiger partial charge in [0, 0.05) is 12.6 Å². The zero-order chi connectivity index (χ0) is 13.5. The summed E-state index contributed by atoms with van der Waals surface area (Å²) in [7, 11) is 0. The van der Waals surface area contributed by atoms with Crippen LogP contribution in [0.2, 0.25) is 0 Å². The second-order valence-corrected chi connectivity index (χ2v) is 5.60. The molecule has 1 unspecified atom stereocenters. The van der Waals surface area contributed by atoms with Crippen molar-refractivity contribution in [3.05, 3.63) is 35.4 Å². The summed E-state index contributed by atoms with van der Waals surface area (Å²) in [5.41, 5.74) is 2.71. The molecule has 2 rings (SSSR count). The van der Waals surface area contributed by atoms with Crippen LogP contribution < -0.4 is 5.32 Å². The smallest absolute Gasteiger partial charge is 0.0594 e. The van der Waals surface area contributed by atoms with E-state index in [0.29, 0.717) is 12.1 Å². The number of aryl methyl sites for hydroxylation is 1. The maximum atomic E-state index is 5.89. The zero-order valence-corrected chi connectivity index (χ0v) is 12.3. The lowest BCUT2D eigenvalue weighted by Crippen LogP contribution is -2.26. The lowest BCUT2D eigenvalue weighted by Gasteiger charge is -2.18. The van der Waals surface area contributed by atoms with Crippen LogP contribution >= 0.6 is 0 Å². The van der Waals surface area contributed by atoms with E-state index in [1.807, 2.05) is 0 Å². The van der Waals surface area contributed by atoms with Crippen molar-refractivity contribution in [3.63, 3.8) is 0 Å². The summed E-state index contributed by atoms with van der Waals surface area (Å²) in [6.07, 6.45) is 6.86. The number of ether oxygens (including phenoxy) is 1. The lowest BCUT2D eigenvalue weighted by molar-refractivity contribution is 0.0590. The molecule has 1 aliphatic carbocycles. The van der Waals surface area contributed by atoms with Crippen LogP contribution in [0.4, 0.5) is 0 Å². The topological polar surface area (TPSA) is 21.3 Å². The van der Waals surface area contributed by atoms with Crippen molar-refractivity contribution in [1.82, 2.24) is 5.32 Å². The highest BCUT2D eigenvalue weighted by atomic mass is 16.5. The first-order valence-electron chi connectivity index (χ1n) is 7.71. The molecule has 0 amide bonds. The standard InChI is InChI=1S/C17H27NO/c1-3-17(15-10-8-14(2)9-11-15)18-12-13-19-16-6-4-5-7-16/h8-11,16-18H,3-7,12-13H2,1-2H3. The van der Waals surface area contributed by atoms with Crippen molar-refractivity contribution in [2.75, 3.05) is 13.2 Å². The van der Waals surface area contributed by atoms with Crippen LogP contribution in [0.25, 0.3) is 0 Å². The fourth-order valence-electron chi connectivity index (χ4n) is 2.81. The summed E-state index contributed by atoms with van der Waals surface area (Å²) in [6, 6.07) is 9.29. The van der Waals surface area contributed by atoms with Gasteiger partial charge in [0.15, 0.2) is 0 Å². The van der Waals surface area contributed by atoms with E-state index in [9.17, 15) is 0 Å². The van der Waals surface area contributed by atoms with Gasteiger partial charge in [0.1, 0.15) is 0 Å². The highest BCUT2D eigenvalue weighted by Crippen LogP contribution is 2.21. The molecule has 1 fully saturated rings. The van der Waals surface area contributed by atoms with Crippen molar-refractivity contribution in [1.29, 1.82) is 0 Å². The summed E-state index contributed by atoms with van der Waals surface area (Å²) in [6.45, 7) is 6.15. The van der Waals surface area contributed by atoms with Crippen molar-refractivity contribution in [2.45, 2.75) is 58.1 Å². The molecule has 0 aliphatic heterocycles. The van der Waals surface area contributed by atoms with Crippen LogP contribution in [-0.4, -0.2) is 19.3 Å². The van der Waals surface area contributed by atoms with Crippen LogP contribution in [0, 0.1) is 6.92 Å². The van der Waals surface area contributed by atoms with E-state index in [1.54, 1.807) is 0 Å². The van der Waals surface area contributed by atoms with E-state index in [1.165, 1.54) is 36.8 Å². The Balaban J connectivity index is 1.71. The van der Waals surface area contributed by atoms with Crippen molar-refractivity contribution >= 4 is 0 Å². The Morgan fingerprint density at radius 3 is 2.53 bits per heavy atom. The molecule has 2 heteroatoms. The third-order valence-electron chi connectivity index (χ3n) is 4.04. The Kier molecular flexibility index (Phi) is 5.87. The third kappa shape index (κ3) is 4.63. The summed E-state index contributed by atoms with van der Waals surface area (Å²) in [4.78, 5) is 0. The second kappa shape index (κ2) is 7.66. The minimum atomic E-state index is 0.452. The molecule has 19 heavy (non-hydrogen) atoms. The Morgan fingerprint density at radius 1 is 1.21 bits per heavy atom. The molecule has 0 bridgehead atoms. The summed E-state index contributed by atoms with van der Waals surface area (Å²) in [5, 5.41) is 3.60. The number of rotatable bonds is 7. The molecule has 0 heterocycles. The van der Waals surface area contributed by atoms with Crippen LogP contribution in [-0.2, 0) is 4.74 Å². The van der Waals surface area contributed by atoms with Gasteiger partial charge in [-0.3, -0.25) is 0 Å². The fraction of sp³-hybridized carbons (Fsp3) is 0.647. The predicted molar refractivity (Wildman–Crippen MR) is 80.4 cm³/mol. The van der Waals surface area contributed by atoms with Gasteiger partial charge in [-0.05, 0) is 31.7 Å². The Morgan fingerprint density at radius 2 is 1.89 bits per heavy atom. The average molecular weight is 261 g/mol. The van der Waals surface area contributed by atoms with Gasteiger partial charge in [0.05, 0.1) is 12.7 Å². The van der Waals surface area contributed by atoms with E-state index in [4.69, 9.17) is 4.74 Å². The fourth-order valence-corrected chi connectivity index (χ4v) is 2.81. The number of benzene rings is 1. The van der Waals surface area contributed by atoms with E-state index in [0.717, 1.165) is 19.6 Å². The van der Waals surface area contributed by atoms with Gasteiger partial charge in [-0.25, -0.2) is 0 Å². The molecule has 1 atom stereocenters. The summed E-state index contributed by atoms with van der Waals surface area (Å²) in [5.74, 6) is 0. The molecule has 1 aliphatic rings. The van der Waals surface area contributed by atoms with Gasteiger partial charge in [0.25, 0.3) is 0 Å². The van der Waals surface area contributed by atoms with Crippen LogP contribution in [0.5, 0.6) is 0 Å². The highest BCUT2D eigenvalue weighted by molar-refractivity contribution is 5.23. The minimum absolute atomic E-state index is 0.452. The van der Waals surface area contributed by atoms with Crippen molar-refractivity contribution in [2.24, 2.45) is 0 Å². The number of nitrogens with one attached hydrogen (secondary N) is 1. The molecule has 1 saturated carbocycles. The maximum Gasteiger partial charge on any atom is 0.0594 e. The van der Waals surface area contributed by atoms with Gasteiger partial charge in [-0.1, -0.05) is 49.6 Å². The molecule has 106 valence electrons. The first kappa shape index (κ1) is 14.5. The minimum Gasteiger partial charge on any atom is -0.377 e. The van der Waals surface area contributed by atoms with E-state index in [-0.39, 0.29) is 0 Å². The van der Waals surface area contributed by atoms with E-state index in [2.05, 4.69) is 43.4 Å². The van der Waals surface area contributed by atoms with Gasteiger partial charge in [-0.2, -0.15) is 0 Å². The molecule has 0 radical (unpaired) electrons. The molecule has 1 aromatic rings. The Hall–Kier alpha value is -0.860. The molecular formula is C17H27NO. The monoisotopic (exact) mass is 261 g/mol. The van der Waals surface area contributed by atoms with Crippen molar-refractivity contribution in [3.8, 4) is 0 Å². The first-order valence-corrected chi connectivity index (χ1v) is 7.71. The SMILES string of the molecule is CCC(NCCOC1CCCC1)c1ccc(C)cc1. The zero-order valence-electron chi connectivity index (χ0n) is 12.3. The first-order chi connectivity index (χ1) is 9.29. The Bertz CT molecular complexity index is 354. The maximum absolute atomic E-state index is 5.89. The predicted octanol–water partition coefficient (Wildman–Crippen LogP) is 3.99. The summed E-state index contributed by atoms with van der Waals surface area (Å²) >= 11 is 0. The third-order valence-corrected chi connectivity index (χ3v) is 4.04. The number of hydrogen-bond acceptors (Lipinski definition) is 2. The molecule has 1 N–H and O–H groups in total. The Labute approximate surface area is 117 Å². The van der Waals surface area contributed by atoms with E-state index >= 15 is 0 Å². The quantitative estimate of drug-likeness (QED) is 0.749. The van der Waals surface area contributed by atoms with Crippen LogP contribution in [0.1, 0.15) is 56.2 Å². The highest BCUT2D eigenvalue weighted by Gasteiger charge is 2.15. The molecule has 0 aromatic heterocycles. The molecule has 0 spiro atoms. The molecule has 0 saturated heterocycles. The molecular weight excluding hydrogens is 234 g/mol. The average Bonchev–Trinajstić information content (AvgIpc) is 2.93. The van der Waals surface area contributed by atoms with E-state index < -0.39 is 0 Å². The lowest BCUT2D eigenvalue weighted by atomic mass is 10.0. The van der Waals surface area contributed by atoms with Crippen LogP contribution in [0.15, 0.2) is 24.3 Å². The van der Waals surface area contributed by atoms with Gasteiger partial charge < -0.3 is 10.1 Å². The summed E-state index contributed by atoms with van der Waals surface area (Å²) < 4.78 is 5.89. The van der Waals surface area contributed by atoms with Gasteiger partial charge in [0.2, 0.25) is 0 Å². The molecule has 2 nitrogen and oxygen atoms in total. The second-order valence-electron chi connectivity index (χ2n) is 5.60. The van der Waals surface area contributed by atoms with Gasteiger partial charge in [-0.15, -0.1) is 0 Å².